The number of carbonyl (C=O) groups excluding carboxylic acids is 1. The van der Waals surface area contributed by atoms with Crippen molar-refractivity contribution in [2.75, 3.05) is 6.54 Å². The second-order valence-electron chi connectivity index (χ2n) is 5.91. The summed E-state index contributed by atoms with van der Waals surface area (Å²) in [5.74, 6) is -0.856. The molecule has 1 aliphatic rings. The number of nitrogens with zero attached hydrogens (tertiary/aromatic N) is 4. The van der Waals surface area contributed by atoms with E-state index in [4.69, 9.17) is 22.1 Å². The molecule has 1 saturated heterocycles. The van der Waals surface area contributed by atoms with Crippen LogP contribution in [0.2, 0.25) is 0 Å². The summed E-state index contributed by atoms with van der Waals surface area (Å²) in [5.41, 5.74) is 1.22. The third-order valence-electron chi connectivity index (χ3n) is 3.41. The van der Waals surface area contributed by atoms with Gasteiger partial charge in [0.2, 0.25) is 0 Å². The van der Waals surface area contributed by atoms with E-state index in [0.29, 0.717) is 16.3 Å². The Bertz CT molecular complexity index is 939. The molecule has 1 aromatic heterocycles. The van der Waals surface area contributed by atoms with E-state index in [0.717, 1.165) is 22.3 Å². The van der Waals surface area contributed by atoms with Crippen LogP contribution in [0, 0.1) is 0 Å². The Kier molecular flexibility index (Phi) is 5.57. The first-order valence-corrected chi connectivity index (χ1v) is 9.22. The number of aromatic nitrogens is 3. The second kappa shape index (κ2) is 7.89. The fourth-order valence-electron chi connectivity index (χ4n) is 2.35. The van der Waals surface area contributed by atoms with E-state index in [2.05, 4.69) is 10.3 Å². The molecule has 0 aliphatic carbocycles. The van der Waals surface area contributed by atoms with E-state index >= 15 is 0 Å². The summed E-state index contributed by atoms with van der Waals surface area (Å²) >= 11 is 6.11. The van der Waals surface area contributed by atoms with E-state index in [1.54, 1.807) is 17.0 Å². The van der Waals surface area contributed by atoms with Crippen molar-refractivity contribution >= 4 is 46.3 Å². The molecule has 1 fully saturated rings. The SMILES string of the molecule is CC(C)Oc1cccc(-n2cc(/C=C3\SC(=S)N(CC(=O)O)C3=O)nn2)c1. The minimum absolute atomic E-state index is 0.0549. The molecule has 27 heavy (non-hydrogen) atoms. The number of hydrogen-bond acceptors (Lipinski definition) is 7. The number of carboxylic acids is 1. The maximum atomic E-state index is 12.3. The maximum absolute atomic E-state index is 12.3. The van der Waals surface area contributed by atoms with Gasteiger partial charge >= 0.3 is 5.97 Å². The van der Waals surface area contributed by atoms with Gasteiger partial charge in [-0.15, -0.1) is 5.10 Å². The zero-order valence-electron chi connectivity index (χ0n) is 14.5. The molecule has 8 nitrogen and oxygen atoms in total. The predicted molar refractivity (Wildman–Crippen MR) is 105 cm³/mol. The van der Waals surface area contributed by atoms with Crippen molar-refractivity contribution in [1.29, 1.82) is 0 Å². The van der Waals surface area contributed by atoms with Gasteiger partial charge < -0.3 is 9.84 Å². The van der Waals surface area contributed by atoms with Crippen LogP contribution in [0.3, 0.4) is 0 Å². The van der Waals surface area contributed by atoms with E-state index in [9.17, 15) is 9.59 Å². The van der Waals surface area contributed by atoms with E-state index in [-0.39, 0.29) is 10.4 Å². The average Bonchev–Trinajstić information content (AvgIpc) is 3.15. The fourth-order valence-corrected chi connectivity index (χ4v) is 3.59. The average molecular weight is 404 g/mol. The molecule has 2 aromatic rings. The largest absolute Gasteiger partial charge is 0.491 e. The van der Waals surface area contributed by atoms with Crippen molar-refractivity contribution in [3.05, 3.63) is 41.1 Å². The van der Waals surface area contributed by atoms with Gasteiger partial charge in [0.25, 0.3) is 5.91 Å². The summed E-state index contributed by atoms with van der Waals surface area (Å²) in [6.45, 7) is 3.43. The lowest BCUT2D eigenvalue weighted by atomic mass is 10.3. The molecule has 0 atom stereocenters. The number of rotatable bonds is 6. The van der Waals surface area contributed by atoms with Crippen LogP contribution in [0.4, 0.5) is 0 Å². The molecule has 1 aliphatic heterocycles. The van der Waals surface area contributed by atoms with Crippen molar-refractivity contribution < 1.29 is 19.4 Å². The Morgan fingerprint density at radius 1 is 1.44 bits per heavy atom. The summed E-state index contributed by atoms with van der Waals surface area (Å²) in [5, 5.41) is 17.0. The summed E-state index contributed by atoms with van der Waals surface area (Å²) in [7, 11) is 0. The fraction of sp³-hybridized carbons (Fsp3) is 0.235. The summed E-state index contributed by atoms with van der Waals surface area (Å²) in [6.07, 6.45) is 3.26. The lowest BCUT2D eigenvalue weighted by Crippen LogP contribution is -2.33. The quantitative estimate of drug-likeness (QED) is 0.579. The second-order valence-corrected chi connectivity index (χ2v) is 7.59. The van der Waals surface area contributed by atoms with Gasteiger partial charge in [-0.3, -0.25) is 14.5 Å². The summed E-state index contributed by atoms with van der Waals surface area (Å²) in [6, 6.07) is 7.41. The third kappa shape index (κ3) is 4.52. The topological polar surface area (TPSA) is 97.6 Å². The highest BCUT2D eigenvalue weighted by atomic mass is 32.2. The predicted octanol–water partition coefficient (Wildman–Crippen LogP) is 2.34. The van der Waals surface area contributed by atoms with Gasteiger partial charge in [-0.2, -0.15) is 0 Å². The molecule has 2 heterocycles. The van der Waals surface area contributed by atoms with Crippen LogP contribution in [0.15, 0.2) is 35.4 Å². The van der Waals surface area contributed by atoms with Gasteiger partial charge in [0, 0.05) is 6.07 Å². The maximum Gasteiger partial charge on any atom is 0.323 e. The lowest BCUT2D eigenvalue weighted by Gasteiger charge is -2.10. The third-order valence-corrected chi connectivity index (χ3v) is 4.79. The zero-order valence-corrected chi connectivity index (χ0v) is 16.2. The van der Waals surface area contributed by atoms with E-state index in [1.807, 2.05) is 38.1 Å². The number of amides is 1. The van der Waals surface area contributed by atoms with Crippen molar-refractivity contribution in [2.24, 2.45) is 0 Å². The van der Waals surface area contributed by atoms with Crippen LogP contribution in [0.1, 0.15) is 19.5 Å². The minimum Gasteiger partial charge on any atom is -0.491 e. The molecular formula is C17H16N4O4S2. The molecule has 140 valence electrons. The van der Waals surface area contributed by atoms with Crippen LogP contribution in [-0.4, -0.2) is 53.8 Å². The molecule has 1 amide bonds. The Morgan fingerprint density at radius 2 is 2.22 bits per heavy atom. The molecule has 0 saturated carbocycles. The van der Waals surface area contributed by atoms with Crippen LogP contribution >= 0.6 is 24.0 Å². The van der Waals surface area contributed by atoms with Gasteiger partial charge in [0.05, 0.1) is 22.9 Å². The number of carbonyl (C=O) groups is 2. The monoisotopic (exact) mass is 404 g/mol. The smallest absolute Gasteiger partial charge is 0.323 e. The Balaban J connectivity index is 1.80. The molecule has 3 rings (SSSR count). The minimum atomic E-state index is -1.12. The molecule has 1 aromatic carbocycles. The molecule has 0 bridgehead atoms. The molecule has 0 unspecified atom stereocenters. The zero-order chi connectivity index (χ0) is 19.6. The highest BCUT2D eigenvalue weighted by molar-refractivity contribution is 8.26. The summed E-state index contributed by atoms with van der Waals surface area (Å²) in [4.78, 5) is 24.5. The molecule has 1 N–H and O–H groups in total. The van der Waals surface area contributed by atoms with Crippen LogP contribution in [0.25, 0.3) is 11.8 Å². The van der Waals surface area contributed by atoms with Gasteiger partial charge in [0.1, 0.15) is 22.3 Å². The Labute approximate surface area is 164 Å². The molecule has 0 spiro atoms. The van der Waals surface area contributed by atoms with Crippen LogP contribution in [-0.2, 0) is 9.59 Å². The first-order valence-electron chi connectivity index (χ1n) is 8.00. The van der Waals surface area contributed by atoms with Crippen LogP contribution in [0.5, 0.6) is 5.75 Å². The van der Waals surface area contributed by atoms with E-state index < -0.39 is 18.4 Å². The van der Waals surface area contributed by atoms with Crippen molar-refractivity contribution in [1.82, 2.24) is 19.9 Å². The Morgan fingerprint density at radius 3 is 2.93 bits per heavy atom. The Hall–Kier alpha value is -2.72. The lowest BCUT2D eigenvalue weighted by molar-refractivity contribution is -0.140. The number of thiocarbonyl (C=S) groups is 1. The normalized spacial score (nSPS) is 15.8. The number of benzene rings is 1. The number of ether oxygens (including phenoxy) is 1. The number of thioether (sulfide) groups is 1. The molecule has 10 heteroatoms. The van der Waals surface area contributed by atoms with Crippen LogP contribution < -0.4 is 4.74 Å². The number of aliphatic carboxylic acids is 1. The van der Waals surface area contributed by atoms with Gasteiger partial charge in [0.15, 0.2) is 0 Å². The molecule has 0 radical (unpaired) electrons. The highest BCUT2D eigenvalue weighted by Gasteiger charge is 2.33. The van der Waals surface area contributed by atoms with Crippen molar-refractivity contribution in [3.63, 3.8) is 0 Å². The van der Waals surface area contributed by atoms with Gasteiger partial charge in [-0.1, -0.05) is 35.3 Å². The van der Waals surface area contributed by atoms with E-state index in [1.165, 1.54) is 0 Å². The standard InChI is InChI=1S/C17H16N4O4S2/c1-10(2)25-13-5-3-4-12(7-13)21-8-11(18-19-21)6-14-16(24)20(9-15(22)23)17(26)27-14/h3-8,10H,9H2,1-2H3,(H,22,23)/b14-6-. The molecular weight excluding hydrogens is 388 g/mol. The van der Waals surface area contributed by atoms with Crippen molar-refractivity contribution in [2.45, 2.75) is 20.0 Å². The highest BCUT2D eigenvalue weighted by Crippen LogP contribution is 2.32. The van der Waals surface area contributed by atoms with Gasteiger partial charge in [-0.25, -0.2) is 4.68 Å². The first kappa shape index (κ1) is 19.1. The summed E-state index contributed by atoms with van der Waals surface area (Å²) < 4.78 is 7.45. The number of carboxylic acid groups (broad SMARTS) is 1. The van der Waals surface area contributed by atoms with Crippen molar-refractivity contribution in [3.8, 4) is 11.4 Å². The number of hydrogen-bond donors (Lipinski definition) is 1. The van der Waals surface area contributed by atoms with Gasteiger partial charge in [-0.05, 0) is 32.1 Å². The first-order chi connectivity index (χ1) is 12.8.